The average Bonchev–Trinajstić information content (AvgIpc) is 2.74. The summed E-state index contributed by atoms with van der Waals surface area (Å²) in [4.78, 5) is 12.7. The molecule has 0 saturated carbocycles. The number of ether oxygens (including phenoxy) is 1. The number of aromatic nitrogens is 1. The number of fused-ring (bicyclic) bond motifs is 1. The second kappa shape index (κ2) is 6.74. The third-order valence-corrected chi connectivity index (χ3v) is 4.68. The fraction of sp³-hybridized carbons (Fsp3) is 0.550. The Hall–Kier alpha value is -1.79. The molecule has 2 rings (SSSR count). The van der Waals surface area contributed by atoms with E-state index in [1.165, 1.54) is 0 Å². The number of hydrogen-bond donors (Lipinski definition) is 1. The summed E-state index contributed by atoms with van der Waals surface area (Å²) in [6.07, 6.45) is -0.424. The van der Waals surface area contributed by atoms with Crippen LogP contribution in [0.1, 0.15) is 54.2 Å². The summed E-state index contributed by atoms with van der Waals surface area (Å²) < 4.78 is 13.0. The van der Waals surface area contributed by atoms with Crippen LogP contribution in [0.3, 0.4) is 0 Å². The second-order valence-corrected chi connectivity index (χ2v) is 8.64. The normalized spacial score (nSPS) is 13.1. The Labute approximate surface area is 156 Å². The van der Waals surface area contributed by atoms with Gasteiger partial charge >= 0.3 is 13.6 Å². The molecule has 1 aromatic heterocycles. The molecule has 1 aromatic carbocycles. The van der Waals surface area contributed by atoms with Gasteiger partial charge in [-0.1, -0.05) is 18.2 Å². The van der Waals surface area contributed by atoms with Gasteiger partial charge in [-0.15, -0.1) is 0 Å². The van der Waals surface area contributed by atoms with Crippen molar-refractivity contribution in [2.24, 2.45) is 0 Å². The number of hydrogen-bond acceptors (Lipinski definition) is 4. The van der Waals surface area contributed by atoms with E-state index in [9.17, 15) is 9.90 Å². The molecule has 6 heteroatoms. The summed E-state index contributed by atoms with van der Waals surface area (Å²) in [5.74, 6) is 0. The zero-order chi connectivity index (χ0) is 19.9. The third-order valence-electron chi connectivity index (χ3n) is 4.68. The monoisotopic (exact) mass is 358 g/mol. The van der Waals surface area contributed by atoms with Gasteiger partial charge in [0.05, 0.1) is 16.7 Å². The molecule has 0 aliphatic heterocycles. The zero-order valence-corrected chi connectivity index (χ0v) is 17.0. The third kappa shape index (κ3) is 4.13. The number of benzene rings is 1. The summed E-state index contributed by atoms with van der Waals surface area (Å²) in [7, 11) is 1.62. The number of para-hydroxylation sites is 1. The van der Waals surface area contributed by atoms with Crippen molar-refractivity contribution >= 4 is 29.9 Å². The van der Waals surface area contributed by atoms with Crippen LogP contribution in [0.4, 0.5) is 4.79 Å². The molecular weight excluding hydrogens is 329 g/mol. The SMILES string of the molecule is Cc1c([B]OC(C)(C)C(C)(C)O)c2ccccc2n1C(=O)OC(C)(C)C. The van der Waals surface area contributed by atoms with Gasteiger partial charge in [-0.2, -0.15) is 0 Å². The Morgan fingerprint density at radius 2 is 1.65 bits per heavy atom. The fourth-order valence-corrected chi connectivity index (χ4v) is 2.43. The van der Waals surface area contributed by atoms with E-state index >= 15 is 0 Å². The van der Waals surface area contributed by atoms with Gasteiger partial charge in [0.1, 0.15) is 5.60 Å². The minimum Gasteiger partial charge on any atom is -0.443 e. The van der Waals surface area contributed by atoms with Gasteiger partial charge in [0.25, 0.3) is 0 Å². The van der Waals surface area contributed by atoms with Crippen molar-refractivity contribution in [2.75, 3.05) is 0 Å². The highest BCUT2D eigenvalue weighted by molar-refractivity contribution is 6.52. The van der Waals surface area contributed by atoms with Crippen LogP contribution in [0.15, 0.2) is 24.3 Å². The van der Waals surface area contributed by atoms with Crippen molar-refractivity contribution in [1.82, 2.24) is 4.57 Å². The van der Waals surface area contributed by atoms with Gasteiger partial charge in [-0.3, -0.25) is 4.57 Å². The van der Waals surface area contributed by atoms with E-state index in [2.05, 4.69) is 0 Å². The van der Waals surface area contributed by atoms with Gasteiger partial charge in [0.2, 0.25) is 0 Å². The van der Waals surface area contributed by atoms with Crippen LogP contribution in [0.2, 0.25) is 0 Å². The van der Waals surface area contributed by atoms with Crippen molar-refractivity contribution in [2.45, 2.75) is 72.2 Å². The molecule has 26 heavy (non-hydrogen) atoms. The second-order valence-electron chi connectivity index (χ2n) is 8.64. The van der Waals surface area contributed by atoms with Crippen molar-refractivity contribution in [1.29, 1.82) is 0 Å². The molecule has 0 unspecified atom stereocenters. The topological polar surface area (TPSA) is 60.7 Å². The van der Waals surface area contributed by atoms with E-state index in [4.69, 9.17) is 9.39 Å². The molecule has 0 amide bonds. The van der Waals surface area contributed by atoms with E-state index in [1.807, 2.05) is 65.8 Å². The van der Waals surface area contributed by atoms with Crippen LogP contribution in [-0.4, -0.2) is 40.1 Å². The molecule has 0 spiro atoms. The summed E-state index contributed by atoms with van der Waals surface area (Å²) in [5.41, 5.74) is -0.126. The highest BCUT2D eigenvalue weighted by Gasteiger charge is 2.36. The van der Waals surface area contributed by atoms with E-state index in [0.717, 1.165) is 22.1 Å². The maximum Gasteiger partial charge on any atom is 0.419 e. The van der Waals surface area contributed by atoms with Crippen LogP contribution >= 0.6 is 0 Å². The maximum absolute atomic E-state index is 12.7. The van der Waals surface area contributed by atoms with Crippen molar-refractivity contribution in [3.63, 3.8) is 0 Å². The Balaban J connectivity index is 2.46. The van der Waals surface area contributed by atoms with Crippen LogP contribution < -0.4 is 5.46 Å². The number of nitrogens with zero attached hydrogens (tertiary/aromatic N) is 1. The molecule has 141 valence electrons. The van der Waals surface area contributed by atoms with Crippen molar-refractivity contribution < 1.29 is 19.3 Å². The van der Waals surface area contributed by atoms with Crippen LogP contribution in [-0.2, 0) is 9.39 Å². The highest BCUT2D eigenvalue weighted by atomic mass is 16.6. The number of carbonyl (C=O) groups excluding carboxylic acids is 1. The summed E-state index contributed by atoms with van der Waals surface area (Å²) in [5, 5.41) is 11.2. The van der Waals surface area contributed by atoms with E-state index < -0.39 is 22.9 Å². The fourth-order valence-electron chi connectivity index (χ4n) is 2.43. The Morgan fingerprint density at radius 1 is 1.08 bits per heavy atom. The van der Waals surface area contributed by atoms with Crippen molar-refractivity contribution in [3.05, 3.63) is 30.0 Å². The molecule has 0 aliphatic carbocycles. The van der Waals surface area contributed by atoms with Crippen molar-refractivity contribution in [3.8, 4) is 0 Å². The predicted molar refractivity (Wildman–Crippen MR) is 105 cm³/mol. The smallest absolute Gasteiger partial charge is 0.419 e. The van der Waals surface area contributed by atoms with Gasteiger partial charge in [0.15, 0.2) is 0 Å². The lowest BCUT2D eigenvalue weighted by Gasteiger charge is -2.37. The summed E-state index contributed by atoms with van der Waals surface area (Å²) >= 11 is 0. The van der Waals surface area contributed by atoms with Gasteiger partial charge in [-0.25, -0.2) is 4.79 Å². The van der Waals surface area contributed by atoms with Gasteiger partial charge in [-0.05, 0) is 72.3 Å². The van der Waals surface area contributed by atoms with Gasteiger partial charge in [0, 0.05) is 5.69 Å². The van der Waals surface area contributed by atoms with E-state index in [-0.39, 0.29) is 0 Å². The summed E-state index contributed by atoms with van der Waals surface area (Å²) in [6.45, 7) is 14.4. The first-order valence-corrected chi connectivity index (χ1v) is 8.81. The molecule has 1 N–H and O–H groups in total. The molecule has 0 saturated heterocycles. The standard InChI is InChI=1S/C20H29BNO4/c1-13-16(21-26-20(7,8)19(5,6)24)14-11-9-10-12-15(14)22(13)17(23)25-18(2,3)4/h9-12,24H,1-8H3. The summed E-state index contributed by atoms with van der Waals surface area (Å²) in [6, 6.07) is 7.62. The molecule has 5 nitrogen and oxygen atoms in total. The average molecular weight is 358 g/mol. The first-order valence-electron chi connectivity index (χ1n) is 8.81. The van der Waals surface area contributed by atoms with E-state index in [1.54, 1.807) is 25.9 Å². The minimum absolute atomic E-state index is 0.424. The molecule has 1 radical (unpaired) electrons. The minimum atomic E-state index is -1.03. The molecule has 0 fully saturated rings. The highest BCUT2D eigenvalue weighted by Crippen LogP contribution is 2.25. The predicted octanol–water partition coefficient (Wildman–Crippen LogP) is 3.54. The first-order chi connectivity index (χ1) is 11.7. The van der Waals surface area contributed by atoms with E-state index in [0.29, 0.717) is 0 Å². The Morgan fingerprint density at radius 3 is 2.19 bits per heavy atom. The quantitative estimate of drug-likeness (QED) is 0.850. The largest absolute Gasteiger partial charge is 0.443 e. The first kappa shape index (κ1) is 20.5. The lowest BCUT2D eigenvalue weighted by atomic mass is 9.81. The Bertz CT molecular complexity index is 810. The zero-order valence-electron chi connectivity index (χ0n) is 17.0. The molecule has 0 aliphatic rings. The number of aliphatic hydroxyl groups is 1. The van der Waals surface area contributed by atoms with Crippen LogP contribution in [0.25, 0.3) is 10.9 Å². The lowest BCUT2D eigenvalue weighted by molar-refractivity contribution is -0.0893. The Kier molecular flexibility index (Phi) is 5.32. The van der Waals surface area contributed by atoms with Crippen LogP contribution in [0.5, 0.6) is 0 Å². The molecule has 2 aromatic rings. The number of rotatable bonds is 4. The molecular formula is C20H29BNO4. The maximum atomic E-state index is 12.7. The molecule has 0 atom stereocenters. The van der Waals surface area contributed by atoms with Crippen LogP contribution in [0, 0.1) is 6.92 Å². The lowest BCUT2D eigenvalue weighted by Crippen LogP contribution is -2.49. The molecule has 1 heterocycles. The number of carbonyl (C=O) groups is 1. The molecule has 0 bridgehead atoms. The van der Waals surface area contributed by atoms with Gasteiger partial charge < -0.3 is 14.5 Å².